The Morgan fingerprint density at radius 1 is 1.18 bits per heavy atom. The van der Waals surface area contributed by atoms with E-state index in [2.05, 4.69) is 5.32 Å². The molecule has 0 radical (unpaired) electrons. The molecule has 0 unspecified atom stereocenters. The van der Waals surface area contributed by atoms with Gasteiger partial charge in [-0.05, 0) is 37.6 Å². The van der Waals surface area contributed by atoms with E-state index >= 15 is 0 Å². The van der Waals surface area contributed by atoms with Gasteiger partial charge in [-0.3, -0.25) is 24.0 Å². The van der Waals surface area contributed by atoms with Gasteiger partial charge in [-0.1, -0.05) is 29.8 Å². The fraction of sp³-hybridized carbons (Fsp3) is 0.333. The van der Waals surface area contributed by atoms with Gasteiger partial charge < -0.3 is 10.2 Å². The molecule has 33 heavy (non-hydrogen) atoms. The van der Waals surface area contributed by atoms with Crippen molar-refractivity contribution in [2.24, 2.45) is 0 Å². The summed E-state index contributed by atoms with van der Waals surface area (Å²) in [6.45, 7) is 3.02. The monoisotopic (exact) mass is 496 g/mol. The number of nitrogens with one attached hydrogen (secondary N) is 1. The van der Waals surface area contributed by atoms with Crippen molar-refractivity contribution < 1.29 is 22.9 Å². The average molecular weight is 497 g/mol. The number of carbonyl (C=O) groups is 2. The summed E-state index contributed by atoms with van der Waals surface area (Å²) in [6, 6.07) is 10.8. The lowest BCUT2D eigenvalue weighted by Gasteiger charge is -2.31. The second-order valence-electron chi connectivity index (χ2n) is 7.27. The fourth-order valence-electron chi connectivity index (χ4n) is 3.07. The average Bonchev–Trinajstić information content (AvgIpc) is 2.75. The topological polar surface area (TPSA) is 130 Å². The molecule has 2 aromatic rings. The lowest BCUT2D eigenvalue weighted by atomic mass is 10.1. The van der Waals surface area contributed by atoms with E-state index in [1.54, 1.807) is 31.2 Å². The van der Waals surface area contributed by atoms with E-state index in [0.29, 0.717) is 17.1 Å². The van der Waals surface area contributed by atoms with Gasteiger partial charge in [0.15, 0.2) is 0 Å². The minimum atomic E-state index is -3.98. The predicted octanol–water partition coefficient (Wildman–Crippen LogP) is 2.57. The number of nitrogens with zero attached hydrogens (tertiary/aromatic N) is 3. The summed E-state index contributed by atoms with van der Waals surface area (Å²) in [6.07, 6.45) is 0.899. The first-order chi connectivity index (χ1) is 15.4. The molecule has 2 amide bonds. The van der Waals surface area contributed by atoms with Crippen molar-refractivity contribution >= 4 is 44.8 Å². The summed E-state index contributed by atoms with van der Waals surface area (Å²) in [5.74, 6) is -1.05. The standard InChI is InChI=1S/C21H25ClN4O6S/c1-4-23-21(28)15(2)24(13-16-8-10-17(22)11-9-16)20(27)14-25(33(3,31)32)18-6-5-7-19(12-18)26(29)30/h5-12,15H,4,13-14H2,1-3H3,(H,23,28)/t15-/m0/s1. The molecule has 178 valence electrons. The Hall–Kier alpha value is -3.18. The van der Waals surface area contributed by atoms with Gasteiger partial charge in [-0.25, -0.2) is 8.42 Å². The first kappa shape index (κ1) is 26.1. The van der Waals surface area contributed by atoms with Gasteiger partial charge in [0.25, 0.3) is 5.69 Å². The van der Waals surface area contributed by atoms with Gasteiger partial charge in [0.2, 0.25) is 21.8 Å². The number of nitro benzene ring substituents is 1. The van der Waals surface area contributed by atoms with Crippen LogP contribution in [0.15, 0.2) is 48.5 Å². The van der Waals surface area contributed by atoms with Crippen LogP contribution in [0.2, 0.25) is 5.02 Å². The predicted molar refractivity (Wildman–Crippen MR) is 125 cm³/mol. The van der Waals surface area contributed by atoms with E-state index in [1.807, 2.05) is 0 Å². The number of likely N-dealkylation sites (N-methyl/N-ethyl adjacent to an activating group) is 1. The van der Waals surface area contributed by atoms with Crippen LogP contribution in [0.5, 0.6) is 0 Å². The van der Waals surface area contributed by atoms with Gasteiger partial charge in [0.1, 0.15) is 12.6 Å². The number of anilines is 1. The maximum absolute atomic E-state index is 13.3. The van der Waals surface area contributed by atoms with Crippen molar-refractivity contribution in [2.75, 3.05) is 23.7 Å². The molecule has 0 aliphatic carbocycles. The zero-order chi connectivity index (χ0) is 24.8. The minimum Gasteiger partial charge on any atom is -0.355 e. The van der Waals surface area contributed by atoms with Crippen molar-refractivity contribution in [3.63, 3.8) is 0 Å². The van der Waals surface area contributed by atoms with Crippen LogP contribution in [0, 0.1) is 10.1 Å². The molecular formula is C21H25ClN4O6S. The fourth-order valence-corrected chi connectivity index (χ4v) is 4.03. The molecule has 2 rings (SSSR count). The van der Waals surface area contributed by atoms with Crippen LogP contribution in [0.25, 0.3) is 0 Å². The Morgan fingerprint density at radius 2 is 1.82 bits per heavy atom. The summed E-state index contributed by atoms with van der Waals surface area (Å²) >= 11 is 5.92. The lowest BCUT2D eigenvalue weighted by Crippen LogP contribution is -2.51. The van der Waals surface area contributed by atoms with Crippen LogP contribution < -0.4 is 9.62 Å². The second kappa shape index (κ2) is 11.1. The zero-order valence-electron chi connectivity index (χ0n) is 18.4. The third-order valence-electron chi connectivity index (χ3n) is 4.79. The molecule has 0 saturated heterocycles. The van der Waals surface area contributed by atoms with Crippen LogP contribution in [0.1, 0.15) is 19.4 Å². The quantitative estimate of drug-likeness (QED) is 0.397. The summed E-state index contributed by atoms with van der Waals surface area (Å²) < 4.78 is 25.7. The van der Waals surface area contributed by atoms with E-state index < -0.39 is 39.3 Å². The molecule has 12 heteroatoms. The lowest BCUT2D eigenvalue weighted by molar-refractivity contribution is -0.384. The van der Waals surface area contributed by atoms with Crippen LogP contribution in [0.3, 0.4) is 0 Å². The highest BCUT2D eigenvalue weighted by Gasteiger charge is 2.30. The van der Waals surface area contributed by atoms with E-state index in [-0.39, 0.29) is 17.9 Å². The first-order valence-corrected chi connectivity index (χ1v) is 12.2. The van der Waals surface area contributed by atoms with Crippen molar-refractivity contribution in [3.8, 4) is 0 Å². The Morgan fingerprint density at radius 3 is 2.36 bits per heavy atom. The Labute approximate surface area is 197 Å². The largest absolute Gasteiger partial charge is 0.355 e. The van der Waals surface area contributed by atoms with Crippen LogP contribution >= 0.6 is 11.6 Å². The zero-order valence-corrected chi connectivity index (χ0v) is 20.0. The molecule has 0 bridgehead atoms. The molecule has 10 nitrogen and oxygen atoms in total. The molecule has 2 aromatic carbocycles. The molecule has 0 aliphatic rings. The third-order valence-corrected chi connectivity index (χ3v) is 6.18. The summed E-state index contributed by atoms with van der Waals surface area (Å²) in [4.78, 5) is 37.5. The highest BCUT2D eigenvalue weighted by molar-refractivity contribution is 7.92. The van der Waals surface area contributed by atoms with Crippen molar-refractivity contribution in [1.82, 2.24) is 10.2 Å². The van der Waals surface area contributed by atoms with Crippen LogP contribution in [-0.2, 0) is 26.2 Å². The van der Waals surface area contributed by atoms with E-state index in [4.69, 9.17) is 11.6 Å². The molecule has 0 saturated carbocycles. The molecule has 0 heterocycles. The number of sulfonamides is 1. The number of halogens is 1. The number of amides is 2. The number of benzene rings is 2. The van der Waals surface area contributed by atoms with Gasteiger partial charge >= 0.3 is 0 Å². The number of carbonyl (C=O) groups excluding carboxylic acids is 2. The Balaban J connectivity index is 2.41. The maximum Gasteiger partial charge on any atom is 0.271 e. The van der Waals surface area contributed by atoms with Gasteiger partial charge in [-0.2, -0.15) is 0 Å². The summed E-state index contributed by atoms with van der Waals surface area (Å²) in [5.41, 5.74) is 0.338. The van der Waals surface area contributed by atoms with Crippen LogP contribution in [-0.4, -0.2) is 55.4 Å². The van der Waals surface area contributed by atoms with Crippen molar-refractivity contribution in [1.29, 1.82) is 0 Å². The highest BCUT2D eigenvalue weighted by atomic mass is 35.5. The molecule has 0 fully saturated rings. The Kier molecular flexibility index (Phi) is 8.77. The van der Waals surface area contributed by atoms with E-state index in [1.165, 1.54) is 30.0 Å². The molecule has 0 aliphatic heterocycles. The van der Waals surface area contributed by atoms with Gasteiger partial charge in [0, 0.05) is 30.2 Å². The normalized spacial score (nSPS) is 12.0. The van der Waals surface area contributed by atoms with Crippen molar-refractivity contribution in [3.05, 3.63) is 69.2 Å². The number of hydrogen-bond acceptors (Lipinski definition) is 6. The smallest absolute Gasteiger partial charge is 0.271 e. The minimum absolute atomic E-state index is 0.0286. The number of rotatable bonds is 10. The third kappa shape index (κ3) is 7.16. The van der Waals surface area contributed by atoms with E-state index in [0.717, 1.165) is 16.6 Å². The van der Waals surface area contributed by atoms with Crippen molar-refractivity contribution in [2.45, 2.75) is 26.4 Å². The summed E-state index contributed by atoms with van der Waals surface area (Å²) in [5, 5.41) is 14.3. The second-order valence-corrected chi connectivity index (χ2v) is 9.61. The number of hydrogen-bond donors (Lipinski definition) is 1. The van der Waals surface area contributed by atoms with Gasteiger partial charge in [0.05, 0.1) is 16.9 Å². The molecule has 0 spiro atoms. The maximum atomic E-state index is 13.3. The molecule has 0 aromatic heterocycles. The first-order valence-electron chi connectivity index (χ1n) is 9.97. The Bertz CT molecular complexity index is 1120. The molecule has 1 N–H and O–H groups in total. The van der Waals surface area contributed by atoms with E-state index in [9.17, 15) is 28.1 Å². The SMILES string of the molecule is CCNC(=O)[C@H](C)N(Cc1ccc(Cl)cc1)C(=O)CN(c1cccc([N+](=O)[O-])c1)S(C)(=O)=O. The highest BCUT2D eigenvalue weighted by Crippen LogP contribution is 2.24. The number of non-ortho nitro benzene ring substituents is 1. The molecular weight excluding hydrogens is 472 g/mol. The molecule has 1 atom stereocenters. The number of nitro groups is 1. The van der Waals surface area contributed by atoms with Gasteiger partial charge in [-0.15, -0.1) is 0 Å². The summed E-state index contributed by atoms with van der Waals surface area (Å²) in [7, 11) is -3.98. The van der Waals surface area contributed by atoms with Crippen LogP contribution in [0.4, 0.5) is 11.4 Å².